The van der Waals surface area contributed by atoms with Gasteiger partial charge in [0.1, 0.15) is 0 Å². The summed E-state index contributed by atoms with van der Waals surface area (Å²) in [4.78, 5) is 24.5. The van der Waals surface area contributed by atoms with Crippen LogP contribution in [0.25, 0.3) is 0 Å². The number of hydrogen-bond donors (Lipinski definition) is 3. The monoisotopic (exact) mass is 930 g/mol. The van der Waals surface area contributed by atoms with Crippen LogP contribution in [0.1, 0.15) is 322 Å². The van der Waals surface area contributed by atoms with Crippen molar-refractivity contribution in [2.24, 2.45) is 0 Å². The third-order valence-electron chi connectivity index (χ3n) is 13.7. The number of carbonyl (C=O) groups is 2. The van der Waals surface area contributed by atoms with Gasteiger partial charge in [-0.25, -0.2) is 0 Å². The Kier molecular flexibility index (Phi) is 54.5. The number of carbonyl (C=O) groups excluding carboxylic acids is 2. The molecule has 390 valence electrons. The maximum Gasteiger partial charge on any atom is 0.305 e. The zero-order chi connectivity index (χ0) is 47.9. The summed E-state index contributed by atoms with van der Waals surface area (Å²) in [5, 5.41) is 23.2. The zero-order valence-corrected chi connectivity index (χ0v) is 44.4. The van der Waals surface area contributed by atoms with Crippen molar-refractivity contribution < 1.29 is 24.5 Å². The van der Waals surface area contributed by atoms with E-state index in [9.17, 15) is 19.8 Å². The fourth-order valence-electron chi connectivity index (χ4n) is 9.16. The van der Waals surface area contributed by atoms with Gasteiger partial charge in [0, 0.05) is 12.8 Å². The van der Waals surface area contributed by atoms with Gasteiger partial charge < -0.3 is 20.3 Å². The molecule has 0 heterocycles. The van der Waals surface area contributed by atoms with Gasteiger partial charge in [-0.3, -0.25) is 9.59 Å². The second-order valence-electron chi connectivity index (χ2n) is 20.3. The number of allylic oxidation sites excluding steroid dienone is 3. The van der Waals surface area contributed by atoms with Crippen molar-refractivity contribution >= 4 is 11.9 Å². The molecular weight excluding hydrogens is 815 g/mol. The summed E-state index contributed by atoms with van der Waals surface area (Å²) in [7, 11) is 0. The number of unbranched alkanes of at least 4 members (excludes halogenated alkanes) is 42. The molecule has 0 rings (SSSR count). The van der Waals surface area contributed by atoms with E-state index in [1.54, 1.807) is 6.08 Å². The van der Waals surface area contributed by atoms with Gasteiger partial charge in [-0.1, -0.05) is 276 Å². The van der Waals surface area contributed by atoms with Gasteiger partial charge in [0.25, 0.3) is 0 Å². The van der Waals surface area contributed by atoms with Crippen LogP contribution in [0.5, 0.6) is 0 Å². The highest BCUT2D eigenvalue weighted by Crippen LogP contribution is 2.17. The molecule has 2 unspecified atom stereocenters. The molecule has 0 aromatic rings. The van der Waals surface area contributed by atoms with E-state index in [0.717, 1.165) is 83.5 Å². The highest BCUT2D eigenvalue weighted by molar-refractivity contribution is 5.76. The standard InChI is InChI=1S/C60H115NO5/c1-3-5-7-9-11-13-15-17-18-19-20-21-22-23-24-25-26-27-28-30-32-36-40-44-48-52-58(63)57(56-62)61-59(64)53-49-45-41-37-33-31-35-39-43-47-51-55-66-60(65)54-50-46-42-38-34-29-16-14-12-10-8-6-4-2/h35,39,48,52,57-58,62-63H,3-34,36-38,40-47,49-51,53-56H2,1-2H3,(H,61,64)/b39-35-,52-48+. The first-order valence-corrected chi connectivity index (χ1v) is 29.6. The molecule has 0 saturated carbocycles. The Hall–Kier alpha value is -1.66. The quantitative estimate of drug-likeness (QED) is 0.0321. The van der Waals surface area contributed by atoms with Gasteiger partial charge in [-0.05, 0) is 57.8 Å². The Bertz CT molecular complexity index is 1030. The third kappa shape index (κ3) is 51.7. The molecule has 0 aliphatic carbocycles. The maximum atomic E-state index is 12.5. The van der Waals surface area contributed by atoms with E-state index in [4.69, 9.17) is 4.74 Å². The maximum absolute atomic E-state index is 12.5. The molecule has 66 heavy (non-hydrogen) atoms. The topological polar surface area (TPSA) is 95.9 Å². The molecule has 0 aliphatic heterocycles. The van der Waals surface area contributed by atoms with Crippen LogP contribution >= 0.6 is 0 Å². The number of nitrogens with one attached hydrogen (secondary N) is 1. The van der Waals surface area contributed by atoms with Crippen molar-refractivity contribution in [2.75, 3.05) is 13.2 Å². The smallest absolute Gasteiger partial charge is 0.305 e. The lowest BCUT2D eigenvalue weighted by molar-refractivity contribution is -0.143. The first-order chi connectivity index (χ1) is 32.5. The number of ether oxygens (including phenoxy) is 1. The van der Waals surface area contributed by atoms with Crippen molar-refractivity contribution in [3.05, 3.63) is 24.3 Å². The molecule has 0 aliphatic rings. The summed E-state index contributed by atoms with van der Waals surface area (Å²) in [5.41, 5.74) is 0. The predicted molar refractivity (Wildman–Crippen MR) is 287 cm³/mol. The number of amides is 1. The van der Waals surface area contributed by atoms with Gasteiger partial charge in [0.05, 0.1) is 25.4 Å². The zero-order valence-electron chi connectivity index (χ0n) is 44.4. The molecule has 2 atom stereocenters. The fourth-order valence-corrected chi connectivity index (χ4v) is 9.16. The molecule has 6 heteroatoms. The van der Waals surface area contributed by atoms with Crippen LogP contribution in [0.2, 0.25) is 0 Å². The van der Waals surface area contributed by atoms with Crippen LogP contribution < -0.4 is 5.32 Å². The van der Waals surface area contributed by atoms with E-state index in [1.165, 1.54) is 212 Å². The molecule has 3 N–H and O–H groups in total. The number of rotatable bonds is 55. The van der Waals surface area contributed by atoms with Crippen LogP contribution in [-0.4, -0.2) is 47.4 Å². The molecule has 0 aromatic heterocycles. The van der Waals surface area contributed by atoms with Crippen molar-refractivity contribution in [1.82, 2.24) is 5.32 Å². The lowest BCUT2D eigenvalue weighted by atomic mass is 10.0. The summed E-state index contributed by atoms with van der Waals surface area (Å²) < 4.78 is 5.44. The number of hydrogen-bond acceptors (Lipinski definition) is 5. The third-order valence-corrected chi connectivity index (χ3v) is 13.7. The van der Waals surface area contributed by atoms with Crippen LogP contribution in [0, 0.1) is 0 Å². The van der Waals surface area contributed by atoms with Crippen molar-refractivity contribution in [1.29, 1.82) is 0 Å². The van der Waals surface area contributed by atoms with E-state index < -0.39 is 12.1 Å². The SMILES string of the molecule is CCCCCCCCCCCCCCCCCCCCCCCCC/C=C/C(O)C(CO)NC(=O)CCCCCCC/C=C\CCCCOC(=O)CCCCCCCCCCCCCCC. The first kappa shape index (κ1) is 64.3. The second kappa shape index (κ2) is 55.9. The minimum atomic E-state index is -0.863. The second-order valence-corrected chi connectivity index (χ2v) is 20.3. The van der Waals surface area contributed by atoms with Crippen LogP contribution in [0.3, 0.4) is 0 Å². The molecule has 0 radical (unpaired) electrons. The first-order valence-electron chi connectivity index (χ1n) is 29.6. The Morgan fingerprint density at radius 2 is 0.712 bits per heavy atom. The van der Waals surface area contributed by atoms with Gasteiger partial charge in [0.15, 0.2) is 0 Å². The predicted octanol–water partition coefficient (Wildman–Crippen LogP) is 18.2. The highest BCUT2D eigenvalue weighted by atomic mass is 16.5. The largest absolute Gasteiger partial charge is 0.466 e. The number of esters is 1. The lowest BCUT2D eigenvalue weighted by Gasteiger charge is -2.20. The van der Waals surface area contributed by atoms with Gasteiger partial charge in [0.2, 0.25) is 5.91 Å². The van der Waals surface area contributed by atoms with Crippen LogP contribution in [0.4, 0.5) is 0 Å². The average Bonchev–Trinajstić information content (AvgIpc) is 3.32. The average molecular weight is 931 g/mol. The minimum absolute atomic E-state index is 0.0308. The molecule has 0 aromatic carbocycles. The normalized spacial score (nSPS) is 12.7. The molecular formula is C60H115NO5. The van der Waals surface area contributed by atoms with Gasteiger partial charge in [-0.2, -0.15) is 0 Å². The summed E-state index contributed by atoms with van der Waals surface area (Å²) in [6.07, 6.45) is 67.8. The van der Waals surface area contributed by atoms with Crippen molar-refractivity contribution in [3.8, 4) is 0 Å². The number of aliphatic hydroxyl groups is 2. The van der Waals surface area contributed by atoms with Crippen molar-refractivity contribution in [2.45, 2.75) is 334 Å². The summed E-state index contributed by atoms with van der Waals surface area (Å²) >= 11 is 0. The molecule has 0 fully saturated rings. The lowest BCUT2D eigenvalue weighted by Crippen LogP contribution is -2.45. The van der Waals surface area contributed by atoms with Crippen LogP contribution in [-0.2, 0) is 14.3 Å². The fraction of sp³-hybridized carbons (Fsp3) is 0.900. The van der Waals surface area contributed by atoms with Gasteiger partial charge in [-0.15, -0.1) is 0 Å². The Balaban J connectivity index is 3.52. The van der Waals surface area contributed by atoms with E-state index in [1.807, 2.05) is 6.08 Å². The summed E-state index contributed by atoms with van der Waals surface area (Å²) in [6.45, 7) is 4.85. The van der Waals surface area contributed by atoms with E-state index >= 15 is 0 Å². The molecule has 6 nitrogen and oxygen atoms in total. The Morgan fingerprint density at radius 3 is 1.08 bits per heavy atom. The van der Waals surface area contributed by atoms with Crippen LogP contribution in [0.15, 0.2) is 24.3 Å². The minimum Gasteiger partial charge on any atom is -0.466 e. The van der Waals surface area contributed by atoms with Crippen molar-refractivity contribution in [3.63, 3.8) is 0 Å². The Morgan fingerprint density at radius 1 is 0.409 bits per heavy atom. The van der Waals surface area contributed by atoms with Gasteiger partial charge >= 0.3 is 5.97 Å². The molecule has 0 bridgehead atoms. The number of aliphatic hydroxyl groups excluding tert-OH is 2. The molecule has 0 saturated heterocycles. The molecule has 1 amide bonds. The van der Waals surface area contributed by atoms with E-state index in [2.05, 4.69) is 31.3 Å². The highest BCUT2D eigenvalue weighted by Gasteiger charge is 2.18. The Labute approximate surface area is 411 Å². The summed E-state index contributed by atoms with van der Waals surface area (Å²) in [5.74, 6) is -0.124. The van der Waals surface area contributed by atoms with E-state index in [0.29, 0.717) is 19.4 Å². The molecule has 0 spiro atoms. The summed E-state index contributed by atoms with van der Waals surface area (Å²) in [6, 6.07) is -0.649. The van der Waals surface area contributed by atoms with E-state index in [-0.39, 0.29) is 18.5 Å².